The van der Waals surface area contributed by atoms with Crippen LogP contribution in [-0.2, 0) is 14.3 Å². The highest BCUT2D eigenvalue weighted by atomic mass is 16.5. The Hall–Kier alpha value is -1.36. The van der Waals surface area contributed by atoms with E-state index in [9.17, 15) is 9.59 Å². The Morgan fingerprint density at radius 3 is 2.50 bits per heavy atom. The van der Waals surface area contributed by atoms with Gasteiger partial charge in [-0.15, -0.1) is 0 Å². The second-order valence-corrected chi connectivity index (χ2v) is 4.21. The van der Waals surface area contributed by atoms with Gasteiger partial charge >= 0.3 is 5.97 Å². The molecular weight excluding hydrogens is 234 g/mol. The summed E-state index contributed by atoms with van der Waals surface area (Å²) in [5.74, 6) is -0.467. The van der Waals surface area contributed by atoms with Gasteiger partial charge < -0.3 is 15.2 Å². The highest BCUT2D eigenvalue weighted by Gasteiger charge is 2.08. The smallest absolute Gasteiger partial charge is 0.306 e. The fourth-order valence-corrected chi connectivity index (χ4v) is 1.24. The zero-order valence-electron chi connectivity index (χ0n) is 11.3. The van der Waals surface area contributed by atoms with E-state index in [2.05, 4.69) is 5.32 Å². The first kappa shape index (κ1) is 16.6. The molecule has 0 heterocycles. The van der Waals surface area contributed by atoms with E-state index in [0.29, 0.717) is 6.61 Å². The predicted molar refractivity (Wildman–Crippen MR) is 68.9 cm³/mol. The van der Waals surface area contributed by atoms with Crippen LogP contribution in [0.3, 0.4) is 0 Å². The number of hydrogen-bond donors (Lipinski definition) is 2. The Balaban J connectivity index is 3.87. The summed E-state index contributed by atoms with van der Waals surface area (Å²) < 4.78 is 4.73. The first-order valence-electron chi connectivity index (χ1n) is 6.23. The van der Waals surface area contributed by atoms with Crippen molar-refractivity contribution in [1.29, 1.82) is 0 Å². The molecule has 2 N–H and O–H groups in total. The number of carbonyl (C=O) groups excluding carboxylic acids is 2. The van der Waals surface area contributed by atoms with E-state index in [1.54, 1.807) is 6.92 Å². The average molecular weight is 257 g/mol. The van der Waals surface area contributed by atoms with Gasteiger partial charge in [-0.2, -0.15) is 0 Å². The van der Waals surface area contributed by atoms with Crippen LogP contribution < -0.4 is 5.32 Å². The van der Waals surface area contributed by atoms with Crippen molar-refractivity contribution in [2.24, 2.45) is 5.92 Å². The fraction of sp³-hybridized carbons (Fsp3) is 0.692. The van der Waals surface area contributed by atoms with Crippen LogP contribution in [0.5, 0.6) is 0 Å². The van der Waals surface area contributed by atoms with E-state index in [4.69, 9.17) is 9.84 Å². The number of amides is 1. The first-order valence-corrected chi connectivity index (χ1v) is 6.23. The van der Waals surface area contributed by atoms with Crippen LogP contribution in [0.4, 0.5) is 0 Å². The molecule has 104 valence electrons. The van der Waals surface area contributed by atoms with Gasteiger partial charge in [0.2, 0.25) is 5.91 Å². The topological polar surface area (TPSA) is 75.6 Å². The molecule has 1 amide bonds. The number of aliphatic hydroxyl groups is 1. The molecule has 18 heavy (non-hydrogen) atoms. The van der Waals surface area contributed by atoms with E-state index in [-0.39, 0.29) is 43.3 Å². The molecule has 0 spiro atoms. The highest BCUT2D eigenvalue weighted by Crippen LogP contribution is 1.98. The maximum atomic E-state index is 11.5. The lowest BCUT2D eigenvalue weighted by atomic mass is 10.1. The van der Waals surface area contributed by atoms with Crippen LogP contribution in [0.1, 0.15) is 33.6 Å². The number of carbonyl (C=O) groups is 2. The number of hydrogen-bond acceptors (Lipinski definition) is 4. The van der Waals surface area contributed by atoms with Crippen LogP contribution in [0.2, 0.25) is 0 Å². The minimum Gasteiger partial charge on any atom is -0.466 e. The molecule has 0 radical (unpaired) electrons. The molecule has 0 fully saturated rings. The molecule has 0 aromatic heterocycles. The van der Waals surface area contributed by atoms with Crippen molar-refractivity contribution in [2.45, 2.75) is 39.7 Å². The van der Waals surface area contributed by atoms with Gasteiger partial charge in [-0.05, 0) is 19.8 Å². The molecule has 2 atom stereocenters. The first-order chi connectivity index (χ1) is 8.49. The SMILES string of the molecule is CCOC(=O)CCC(=O)N[C@H](C)/C=C/[C@@H](C)CO. The Kier molecular flexibility index (Phi) is 8.92. The molecule has 0 unspecified atom stereocenters. The molecule has 0 saturated carbocycles. The number of aliphatic hydroxyl groups excluding tert-OH is 1. The van der Waals surface area contributed by atoms with Crippen LogP contribution >= 0.6 is 0 Å². The minimum atomic E-state index is -0.357. The summed E-state index contributed by atoms with van der Waals surface area (Å²) in [5.41, 5.74) is 0. The standard InChI is InChI=1S/C13H23NO4/c1-4-18-13(17)8-7-12(16)14-11(3)6-5-10(2)9-15/h5-6,10-11,15H,4,7-9H2,1-3H3,(H,14,16)/b6-5+/t10-,11-/m1/s1. The molecule has 0 aromatic carbocycles. The van der Waals surface area contributed by atoms with E-state index < -0.39 is 0 Å². The quantitative estimate of drug-likeness (QED) is 0.503. The third-order valence-corrected chi connectivity index (χ3v) is 2.27. The maximum Gasteiger partial charge on any atom is 0.306 e. The molecule has 0 rings (SSSR count). The second kappa shape index (κ2) is 9.65. The van der Waals surface area contributed by atoms with Gasteiger partial charge in [-0.25, -0.2) is 0 Å². The molecule has 5 heteroatoms. The van der Waals surface area contributed by atoms with Gasteiger partial charge in [-0.3, -0.25) is 9.59 Å². The third kappa shape index (κ3) is 8.75. The lowest BCUT2D eigenvalue weighted by molar-refractivity contribution is -0.144. The summed E-state index contributed by atoms with van der Waals surface area (Å²) >= 11 is 0. The monoisotopic (exact) mass is 257 g/mol. The summed E-state index contributed by atoms with van der Waals surface area (Å²) in [5, 5.41) is 11.6. The van der Waals surface area contributed by atoms with Crippen LogP contribution in [0.15, 0.2) is 12.2 Å². The summed E-state index contributed by atoms with van der Waals surface area (Å²) in [6.45, 7) is 5.86. The summed E-state index contributed by atoms with van der Waals surface area (Å²) in [6, 6.07) is -0.117. The summed E-state index contributed by atoms with van der Waals surface area (Å²) in [6.07, 6.45) is 3.90. The van der Waals surface area contributed by atoms with Crippen molar-refractivity contribution in [1.82, 2.24) is 5.32 Å². The molecule has 0 aliphatic rings. The summed E-state index contributed by atoms with van der Waals surface area (Å²) in [7, 11) is 0. The number of rotatable bonds is 8. The highest BCUT2D eigenvalue weighted by molar-refractivity contribution is 5.81. The Morgan fingerprint density at radius 2 is 1.94 bits per heavy atom. The van der Waals surface area contributed by atoms with Crippen molar-refractivity contribution in [2.75, 3.05) is 13.2 Å². The zero-order chi connectivity index (χ0) is 14.0. The normalized spacial score (nSPS) is 14.2. The largest absolute Gasteiger partial charge is 0.466 e. The van der Waals surface area contributed by atoms with Crippen molar-refractivity contribution in [3.05, 3.63) is 12.2 Å². The zero-order valence-corrected chi connectivity index (χ0v) is 11.3. The minimum absolute atomic E-state index is 0.0730. The Bertz CT molecular complexity index is 289. The molecule has 0 bridgehead atoms. The van der Waals surface area contributed by atoms with E-state index in [1.165, 1.54) is 0 Å². The van der Waals surface area contributed by atoms with Crippen LogP contribution in [-0.4, -0.2) is 36.2 Å². The van der Waals surface area contributed by atoms with Crippen molar-refractivity contribution >= 4 is 11.9 Å². The Labute approximate surface area is 108 Å². The summed E-state index contributed by atoms with van der Waals surface area (Å²) in [4.78, 5) is 22.5. The van der Waals surface area contributed by atoms with Crippen LogP contribution in [0.25, 0.3) is 0 Å². The van der Waals surface area contributed by atoms with Gasteiger partial charge in [0.1, 0.15) is 0 Å². The second-order valence-electron chi connectivity index (χ2n) is 4.21. The number of esters is 1. The van der Waals surface area contributed by atoms with Gasteiger partial charge in [0.05, 0.1) is 13.0 Å². The third-order valence-electron chi connectivity index (χ3n) is 2.27. The van der Waals surface area contributed by atoms with Crippen LogP contribution in [0, 0.1) is 5.92 Å². The van der Waals surface area contributed by atoms with Gasteiger partial charge in [0.25, 0.3) is 0 Å². The van der Waals surface area contributed by atoms with Crippen molar-refractivity contribution in [3.63, 3.8) is 0 Å². The molecule has 5 nitrogen and oxygen atoms in total. The van der Waals surface area contributed by atoms with Gasteiger partial charge in [-0.1, -0.05) is 19.1 Å². The van der Waals surface area contributed by atoms with Gasteiger partial charge in [0.15, 0.2) is 0 Å². The molecular formula is C13H23NO4. The van der Waals surface area contributed by atoms with E-state index >= 15 is 0 Å². The lowest BCUT2D eigenvalue weighted by Gasteiger charge is -2.10. The van der Waals surface area contributed by atoms with Crippen molar-refractivity contribution < 1.29 is 19.4 Å². The molecule has 0 aromatic rings. The number of nitrogens with one attached hydrogen (secondary N) is 1. The maximum absolute atomic E-state index is 11.5. The number of ether oxygens (including phenoxy) is 1. The van der Waals surface area contributed by atoms with E-state index in [0.717, 1.165) is 0 Å². The average Bonchev–Trinajstić information content (AvgIpc) is 2.33. The fourth-order valence-electron chi connectivity index (χ4n) is 1.24. The Morgan fingerprint density at radius 1 is 1.28 bits per heavy atom. The predicted octanol–water partition coefficient (Wildman–Crippen LogP) is 1.02. The van der Waals surface area contributed by atoms with Gasteiger partial charge in [0, 0.05) is 19.1 Å². The molecule has 0 aliphatic heterocycles. The molecule has 0 saturated heterocycles. The molecule has 0 aliphatic carbocycles. The van der Waals surface area contributed by atoms with Crippen molar-refractivity contribution in [3.8, 4) is 0 Å². The lowest BCUT2D eigenvalue weighted by Crippen LogP contribution is -2.31. The van der Waals surface area contributed by atoms with E-state index in [1.807, 2.05) is 26.0 Å².